The maximum Gasteiger partial charge on any atom is 0.170 e. The second-order valence-electron chi connectivity index (χ2n) is 3.27. The lowest BCUT2D eigenvalue weighted by molar-refractivity contribution is 0.797. The van der Waals surface area contributed by atoms with Crippen molar-refractivity contribution in [1.82, 2.24) is 14.6 Å². The van der Waals surface area contributed by atoms with Crippen LogP contribution in [0, 0.1) is 6.92 Å². The van der Waals surface area contributed by atoms with E-state index in [9.17, 15) is 0 Å². The van der Waals surface area contributed by atoms with Crippen LogP contribution in [0.25, 0.3) is 5.65 Å². The third-order valence-corrected chi connectivity index (χ3v) is 3.77. The molecular weight excluding hydrogens is 274 g/mol. The van der Waals surface area contributed by atoms with Gasteiger partial charge in [0.25, 0.3) is 0 Å². The van der Waals surface area contributed by atoms with Crippen molar-refractivity contribution < 1.29 is 0 Å². The molecule has 5 heteroatoms. The van der Waals surface area contributed by atoms with Crippen molar-refractivity contribution in [3.8, 4) is 0 Å². The van der Waals surface area contributed by atoms with Crippen molar-refractivity contribution in [2.45, 2.75) is 25.3 Å². The van der Waals surface area contributed by atoms with Gasteiger partial charge in [0.1, 0.15) is 5.03 Å². The topological polar surface area (TPSA) is 30.2 Å². The molecule has 0 amide bonds. The van der Waals surface area contributed by atoms with E-state index in [1.807, 2.05) is 4.52 Å². The Kier molecular flexibility index (Phi) is 3.02. The van der Waals surface area contributed by atoms with Crippen LogP contribution in [-0.4, -0.2) is 20.9 Å². The van der Waals surface area contributed by atoms with Gasteiger partial charge in [0.05, 0.1) is 10.7 Å². The van der Waals surface area contributed by atoms with Crippen LogP contribution in [0.1, 0.15) is 18.2 Å². The second kappa shape index (κ2) is 4.14. The molecule has 0 aliphatic carbocycles. The zero-order valence-electron chi connectivity index (χ0n) is 8.91. The third-order valence-electron chi connectivity index (χ3n) is 2.41. The lowest BCUT2D eigenvalue weighted by atomic mass is 10.2. The molecule has 2 heterocycles. The van der Waals surface area contributed by atoms with E-state index in [1.54, 1.807) is 18.0 Å². The first-order valence-electron chi connectivity index (χ1n) is 4.75. The Hall–Kier alpha value is -0.550. The Morgan fingerprint density at radius 3 is 2.87 bits per heavy atom. The molecule has 0 atom stereocenters. The minimum atomic E-state index is 0.897. The van der Waals surface area contributed by atoms with E-state index in [4.69, 9.17) is 0 Å². The molecule has 2 aromatic heterocycles. The van der Waals surface area contributed by atoms with Gasteiger partial charge >= 0.3 is 0 Å². The normalized spacial score (nSPS) is 11.2. The number of rotatable bonds is 2. The molecule has 3 nitrogen and oxygen atoms in total. The van der Waals surface area contributed by atoms with Gasteiger partial charge in [-0.25, -0.2) is 9.50 Å². The van der Waals surface area contributed by atoms with Crippen LogP contribution < -0.4 is 0 Å². The second-order valence-corrected chi connectivity index (χ2v) is 4.92. The van der Waals surface area contributed by atoms with Crippen LogP contribution in [0.3, 0.4) is 0 Å². The summed E-state index contributed by atoms with van der Waals surface area (Å²) in [6.45, 7) is 4.20. The van der Waals surface area contributed by atoms with Crippen LogP contribution in [-0.2, 0) is 6.42 Å². The Balaban J connectivity index is 2.86. The summed E-state index contributed by atoms with van der Waals surface area (Å²) in [5.41, 5.74) is 3.27. The first-order valence-corrected chi connectivity index (χ1v) is 6.77. The van der Waals surface area contributed by atoms with E-state index >= 15 is 0 Å². The fraction of sp³-hybridized carbons (Fsp3) is 0.400. The van der Waals surface area contributed by atoms with Crippen molar-refractivity contribution in [3.63, 3.8) is 0 Å². The van der Waals surface area contributed by atoms with Crippen LogP contribution >= 0.6 is 27.7 Å². The van der Waals surface area contributed by atoms with Gasteiger partial charge in [0.15, 0.2) is 5.65 Å². The van der Waals surface area contributed by atoms with E-state index in [0.29, 0.717) is 0 Å². The van der Waals surface area contributed by atoms with Gasteiger partial charge in [-0.3, -0.25) is 0 Å². The molecule has 2 aromatic rings. The first kappa shape index (κ1) is 11.0. The quantitative estimate of drug-likeness (QED) is 0.628. The van der Waals surface area contributed by atoms with Gasteiger partial charge in [-0.15, -0.1) is 11.8 Å². The third kappa shape index (κ3) is 1.67. The molecule has 2 rings (SSSR count). The number of nitrogens with zero attached hydrogens (tertiary/aromatic N) is 3. The van der Waals surface area contributed by atoms with Crippen molar-refractivity contribution in [2.24, 2.45) is 0 Å². The largest absolute Gasteiger partial charge is 0.232 e. The summed E-state index contributed by atoms with van der Waals surface area (Å²) in [7, 11) is 0. The zero-order chi connectivity index (χ0) is 11.0. The fourth-order valence-corrected chi connectivity index (χ4v) is 2.89. The summed E-state index contributed by atoms with van der Waals surface area (Å²) in [6, 6.07) is 0. The number of hydrogen-bond donors (Lipinski definition) is 0. The van der Waals surface area contributed by atoms with E-state index in [-0.39, 0.29) is 0 Å². The number of aryl methyl sites for hydroxylation is 1. The van der Waals surface area contributed by atoms with Gasteiger partial charge in [-0.05, 0) is 35.5 Å². The lowest BCUT2D eigenvalue weighted by Crippen LogP contribution is -2.03. The van der Waals surface area contributed by atoms with Crippen molar-refractivity contribution in [1.29, 1.82) is 0 Å². The summed E-state index contributed by atoms with van der Waals surface area (Å²) in [6.07, 6.45) is 4.85. The van der Waals surface area contributed by atoms with Crippen molar-refractivity contribution >= 4 is 33.3 Å². The highest BCUT2D eigenvalue weighted by Gasteiger charge is 2.13. The average molecular weight is 286 g/mol. The van der Waals surface area contributed by atoms with E-state index in [1.165, 1.54) is 10.6 Å². The summed E-state index contributed by atoms with van der Waals surface area (Å²) >= 11 is 5.17. The van der Waals surface area contributed by atoms with Gasteiger partial charge in [-0.2, -0.15) is 5.10 Å². The highest BCUT2D eigenvalue weighted by Crippen LogP contribution is 2.26. The van der Waals surface area contributed by atoms with Crippen molar-refractivity contribution in [3.05, 3.63) is 21.9 Å². The lowest BCUT2D eigenvalue weighted by Gasteiger charge is -2.10. The SMILES string of the molecule is CCc1c(C)nc2c(Br)cnn2c1SC. The molecule has 0 fully saturated rings. The number of fused-ring (bicyclic) bond motifs is 1. The van der Waals surface area contributed by atoms with Crippen LogP contribution in [0.15, 0.2) is 15.7 Å². The predicted octanol–water partition coefficient (Wildman–Crippen LogP) is 3.08. The van der Waals surface area contributed by atoms with Gasteiger partial charge in [-0.1, -0.05) is 6.92 Å². The number of thioether (sulfide) groups is 1. The molecule has 0 saturated carbocycles. The first-order chi connectivity index (χ1) is 7.19. The molecule has 0 radical (unpaired) electrons. The number of hydrogen-bond acceptors (Lipinski definition) is 3. The molecule has 0 N–H and O–H groups in total. The molecule has 15 heavy (non-hydrogen) atoms. The van der Waals surface area contributed by atoms with E-state index in [0.717, 1.165) is 22.2 Å². The van der Waals surface area contributed by atoms with Crippen molar-refractivity contribution in [2.75, 3.05) is 6.26 Å². The number of halogens is 1. The molecular formula is C10H12BrN3S. The highest BCUT2D eigenvalue weighted by atomic mass is 79.9. The minimum absolute atomic E-state index is 0.897. The number of aromatic nitrogens is 3. The smallest absolute Gasteiger partial charge is 0.170 e. The minimum Gasteiger partial charge on any atom is -0.232 e. The molecule has 0 aliphatic heterocycles. The Morgan fingerprint density at radius 1 is 1.53 bits per heavy atom. The highest BCUT2D eigenvalue weighted by molar-refractivity contribution is 9.10. The molecule has 80 valence electrons. The Labute approximate surface area is 101 Å². The van der Waals surface area contributed by atoms with Gasteiger partial charge in [0, 0.05) is 11.3 Å². The molecule has 0 aliphatic rings. The maximum absolute atomic E-state index is 4.55. The van der Waals surface area contributed by atoms with Crippen LogP contribution in [0.4, 0.5) is 0 Å². The van der Waals surface area contributed by atoms with Gasteiger partial charge in [0.2, 0.25) is 0 Å². The molecule has 0 aromatic carbocycles. The summed E-state index contributed by atoms with van der Waals surface area (Å²) in [5, 5.41) is 5.51. The van der Waals surface area contributed by atoms with Crippen LogP contribution in [0.2, 0.25) is 0 Å². The summed E-state index contributed by atoms with van der Waals surface area (Å²) in [5.74, 6) is 0. The summed E-state index contributed by atoms with van der Waals surface area (Å²) < 4.78 is 2.85. The van der Waals surface area contributed by atoms with E-state index < -0.39 is 0 Å². The average Bonchev–Trinajstić information content (AvgIpc) is 2.58. The fourth-order valence-electron chi connectivity index (χ4n) is 1.70. The zero-order valence-corrected chi connectivity index (χ0v) is 11.3. The summed E-state index contributed by atoms with van der Waals surface area (Å²) in [4.78, 5) is 4.55. The van der Waals surface area contributed by atoms with Crippen LogP contribution in [0.5, 0.6) is 0 Å². The van der Waals surface area contributed by atoms with Gasteiger partial charge < -0.3 is 0 Å². The monoisotopic (exact) mass is 285 g/mol. The molecule has 0 spiro atoms. The Bertz CT molecular complexity index is 507. The maximum atomic E-state index is 4.55. The van der Waals surface area contributed by atoms with E-state index in [2.05, 4.69) is 46.1 Å². The molecule has 0 unspecified atom stereocenters. The standard InChI is InChI=1S/C10H12BrN3S/c1-4-7-6(2)13-9-8(11)5-12-14(9)10(7)15-3/h5H,4H2,1-3H3. The molecule has 0 bridgehead atoms. The Morgan fingerprint density at radius 2 is 2.27 bits per heavy atom. The molecule has 0 saturated heterocycles. The predicted molar refractivity (Wildman–Crippen MR) is 66.6 cm³/mol.